The number of benzene rings is 3. The Bertz CT molecular complexity index is 948. The molecule has 3 aromatic carbocycles. The van der Waals surface area contributed by atoms with Crippen LogP contribution in [0.5, 0.6) is 0 Å². The second-order valence-electron chi connectivity index (χ2n) is 6.45. The van der Waals surface area contributed by atoms with E-state index in [0.29, 0.717) is 5.56 Å². The molecule has 0 saturated heterocycles. The first-order valence-corrected chi connectivity index (χ1v) is 9.09. The van der Waals surface area contributed by atoms with E-state index in [-0.39, 0.29) is 23.5 Å². The maximum Gasteiger partial charge on any atom is 0.330 e. The van der Waals surface area contributed by atoms with E-state index in [1.54, 1.807) is 54.6 Å². The monoisotopic (exact) mass is 394 g/mol. The molecule has 0 heterocycles. The first-order chi connectivity index (χ1) is 14.0. The predicted molar refractivity (Wildman–Crippen MR) is 107 cm³/mol. The van der Waals surface area contributed by atoms with Crippen LogP contribution in [0.4, 0.5) is 8.78 Å². The summed E-state index contributed by atoms with van der Waals surface area (Å²) in [5.41, 5.74) is 5.65. The number of Topliss-reactive ketones (excluding diaryl/α,β-unsaturated/α-hetero) is 2. The largest absolute Gasteiger partial charge is 0.330 e. The molecule has 3 aromatic rings. The highest BCUT2D eigenvalue weighted by atomic mass is 19.3. The summed E-state index contributed by atoms with van der Waals surface area (Å²) in [5.74, 6) is -5.30. The van der Waals surface area contributed by atoms with Gasteiger partial charge in [0.2, 0.25) is 5.78 Å². The van der Waals surface area contributed by atoms with Gasteiger partial charge in [0.25, 0.3) is 0 Å². The van der Waals surface area contributed by atoms with Crippen LogP contribution in [0.15, 0.2) is 91.0 Å². The van der Waals surface area contributed by atoms with Crippen molar-refractivity contribution in [3.8, 4) is 0 Å². The van der Waals surface area contributed by atoms with Crippen molar-refractivity contribution >= 4 is 11.6 Å². The molecule has 0 amide bonds. The Hall–Kier alpha value is -3.22. The van der Waals surface area contributed by atoms with E-state index in [2.05, 4.69) is 10.9 Å². The average molecular weight is 394 g/mol. The van der Waals surface area contributed by atoms with E-state index in [9.17, 15) is 9.59 Å². The third-order valence-electron chi connectivity index (χ3n) is 4.43. The van der Waals surface area contributed by atoms with Crippen LogP contribution >= 0.6 is 0 Å². The number of nitrogens with one attached hydrogen (secondary N) is 2. The molecule has 148 valence electrons. The Morgan fingerprint density at radius 2 is 1.24 bits per heavy atom. The van der Waals surface area contributed by atoms with Crippen molar-refractivity contribution in [3.63, 3.8) is 0 Å². The number of hydrogen-bond donors (Lipinski definition) is 2. The summed E-state index contributed by atoms with van der Waals surface area (Å²) in [5, 5.41) is 0. The number of alkyl halides is 2. The van der Waals surface area contributed by atoms with Gasteiger partial charge in [-0.05, 0) is 5.56 Å². The highest BCUT2D eigenvalue weighted by molar-refractivity contribution is 6.02. The third kappa shape index (κ3) is 4.99. The van der Waals surface area contributed by atoms with Crippen molar-refractivity contribution in [1.82, 2.24) is 10.9 Å². The van der Waals surface area contributed by atoms with Crippen LogP contribution in [0.3, 0.4) is 0 Å². The van der Waals surface area contributed by atoms with Gasteiger partial charge in [0.1, 0.15) is 6.04 Å². The highest BCUT2D eigenvalue weighted by Gasteiger charge is 2.48. The normalized spacial score (nSPS) is 12.3. The Morgan fingerprint density at radius 1 is 0.759 bits per heavy atom. The van der Waals surface area contributed by atoms with Gasteiger partial charge in [-0.25, -0.2) is 10.9 Å². The molecular weight excluding hydrogens is 374 g/mol. The van der Waals surface area contributed by atoms with Gasteiger partial charge < -0.3 is 0 Å². The summed E-state index contributed by atoms with van der Waals surface area (Å²) in [4.78, 5) is 24.7. The standard InChI is InChI=1S/C23H20F2N2O2/c24-23(25,22(29)19-14-8-3-9-15-19)21(18-12-6-2-7-13-18)27-26-16-20(28)17-10-4-1-5-11-17/h1-15,21,26-27H,16H2/t21-/m0/s1. The number of hydrogen-bond acceptors (Lipinski definition) is 4. The minimum atomic E-state index is -3.74. The maximum atomic E-state index is 15.2. The van der Waals surface area contributed by atoms with Gasteiger partial charge >= 0.3 is 5.92 Å². The van der Waals surface area contributed by atoms with Crippen LogP contribution in [0.2, 0.25) is 0 Å². The number of rotatable bonds is 9. The van der Waals surface area contributed by atoms with Crippen LogP contribution in [-0.2, 0) is 0 Å². The van der Waals surface area contributed by atoms with Gasteiger partial charge in [-0.1, -0.05) is 91.0 Å². The lowest BCUT2D eigenvalue weighted by molar-refractivity contribution is -0.0198. The molecule has 0 fully saturated rings. The first-order valence-electron chi connectivity index (χ1n) is 9.09. The summed E-state index contributed by atoms with van der Waals surface area (Å²) >= 11 is 0. The molecule has 0 spiro atoms. The average Bonchev–Trinajstić information content (AvgIpc) is 2.77. The number of carbonyl (C=O) groups is 2. The minimum Gasteiger partial charge on any atom is -0.293 e. The molecule has 1 atom stereocenters. The second-order valence-corrected chi connectivity index (χ2v) is 6.45. The van der Waals surface area contributed by atoms with Crippen LogP contribution < -0.4 is 10.9 Å². The summed E-state index contributed by atoms with van der Waals surface area (Å²) in [6, 6.07) is 22.2. The molecule has 0 saturated carbocycles. The predicted octanol–water partition coefficient (Wildman–Crippen LogP) is 4.22. The lowest BCUT2D eigenvalue weighted by Gasteiger charge is -2.27. The van der Waals surface area contributed by atoms with Crippen molar-refractivity contribution in [2.75, 3.05) is 6.54 Å². The molecule has 0 aromatic heterocycles. The van der Waals surface area contributed by atoms with E-state index in [4.69, 9.17) is 0 Å². The van der Waals surface area contributed by atoms with Crippen molar-refractivity contribution < 1.29 is 18.4 Å². The van der Waals surface area contributed by atoms with E-state index in [1.807, 2.05) is 0 Å². The topological polar surface area (TPSA) is 58.2 Å². The fraction of sp³-hybridized carbons (Fsp3) is 0.130. The quantitative estimate of drug-likeness (QED) is 0.421. The minimum absolute atomic E-state index is 0.0828. The lowest BCUT2D eigenvalue weighted by atomic mass is 9.94. The summed E-state index contributed by atoms with van der Waals surface area (Å²) < 4.78 is 30.3. The summed E-state index contributed by atoms with van der Waals surface area (Å²) in [6.07, 6.45) is 0. The van der Waals surface area contributed by atoms with Crippen molar-refractivity contribution in [3.05, 3.63) is 108 Å². The third-order valence-corrected chi connectivity index (χ3v) is 4.43. The number of hydrazine groups is 1. The van der Waals surface area contributed by atoms with E-state index in [0.717, 1.165) is 0 Å². The molecule has 4 nitrogen and oxygen atoms in total. The van der Waals surface area contributed by atoms with Gasteiger partial charge in [-0.15, -0.1) is 0 Å². The molecule has 0 aliphatic carbocycles. The van der Waals surface area contributed by atoms with Gasteiger partial charge in [-0.3, -0.25) is 9.59 Å². The van der Waals surface area contributed by atoms with Gasteiger partial charge in [-0.2, -0.15) is 8.78 Å². The van der Waals surface area contributed by atoms with Gasteiger partial charge in [0.05, 0.1) is 6.54 Å². The smallest absolute Gasteiger partial charge is 0.293 e. The van der Waals surface area contributed by atoms with E-state index >= 15 is 8.78 Å². The maximum absolute atomic E-state index is 15.2. The number of ketones is 2. The molecule has 6 heteroatoms. The molecule has 0 radical (unpaired) electrons. The second kappa shape index (κ2) is 9.32. The molecule has 0 aliphatic heterocycles. The van der Waals surface area contributed by atoms with Crippen LogP contribution in [0.1, 0.15) is 32.3 Å². The zero-order valence-electron chi connectivity index (χ0n) is 15.5. The van der Waals surface area contributed by atoms with Crippen LogP contribution in [0, 0.1) is 0 Å². The Balaban J connectivity index is 1.78. The zero-order valence-corrected chi connectivity index (χ0v) is 15.5. The Labute approximate surface area is 167 Å². The zero-order chi connectivity index (χ0) is 20.7. The van der Waals surface area contributed by atoms with Gasteiger partial charge in [0, 0.05) is 11.1 Å². The molecule has 0 aliphatic rings. The van der Waals surface area contributed by atoms with Crippen molar-refractivity contribution in [2.45, 2.75) is 12.0 Å². The van der Waals surface area contributed by atoms with E-state index < -0.39 is 17.7 Å². The highest BCUT2D eigenvalue weighted by Crippen LogP contribution is 2.34. The SMILES string of the molecule is O=C(CNN[C@@H](c1ccccc1)C(F)(F)C(=O)c1ccccc1)c1ccccc1. The first kappa shape index (κ1) is 20.5. The molecule has 29 heavy (non-hydrogen) atoms. The number of halogens is 2. The van der Waals surface area contributed by atoms with Crippen molar-refractivity contribution in [1.29, 1.82) is 0 Å². The molecule has 2 N–H and O–H groups in total. The molecule has 0 bridgehead atoms. The summed E-state index contributed by atoms with van der Waals surface area (Å²) in [6.45, 7) is -0.205. The summed E-state index contributed by atoms with van der Waals surface area (Å²) in [7, 11) is 0. The Kier molecular flexibility index (Phi) is 6.59. The van der Waals surface area contributed by atoms with Gasteiger partial charge in [0.15, 0.2) is 5.78 Å². The van der Waals surface area contributed by atoms with Crippen LogP contribution in [0.25, 0.3) is 0 Å². The lowest BCUT2D eigenvalue weighted by Crippen LogP contribution is -2.49. The molecular formula is C23H20F2N2O2. The fourth-order valence-corrected chi connectivity index (χ4v) is 2.90. The van der Waals surface area contributed by atoms with Crippen LogP contribution in [-0.4, -0.2) is 24.0 Å². The van der Waals surface area contributed by atoms with E-state index in [1.165, 1.54) is 36.4 Å². The fourth-order valence-electron chi connectivity index (χ4n) is 2.90. The molecule has 3 rings (SSSR count). The Morgan fingerprint density at radius 3 is 1.79 bits per heavy atom. The molecule has 0 unspecified atom stereocenters. The van der Waals surface area contributed by atoms with Crippen molar-refractivity contribution in [2.24, 2.45) is 0 Å². The number of carbonyl (C=O) groups excluding carboxylic acids is 2.